The third kappa shape index (κ3) is 3.96. The summed E-state index contributed by atoms with van der Waals surface area (Å²) in [6.45, 7) is 3.73. The third-order valence-corrected chi connectivity index (χ3v) is 3.74. The molecule has 0 aliphatic carbocycles. The first-order chi connectivity index (χ1) is 9.56. The number of ether oxygens (including phenoxy) is 1. The summed E-state index contributed by atoms with van der Waals surface area (Å²) >= 11 is 2.19. The van der Waals surface area contributed by atoms with E-state index in [1.807, 2.05) is 55.5 Å². The average Bonchev–Trinajstić information content (AvgIpc) is 2.41. The predicted octanol–water partition coefficient (Wildman–Crippen LogP) is 4.01. The standard InChI is InChI=1S/C16H16INO2/c1-11-6-5-7-13(10-11)20-12(2)16(19)18-15-9-4-3-8-14(15)17/h3-10,12H,1-2H3,(H,18,19)/t12-/m1/s1. The van der Waals surface area contributed by atoms with Crippen molar-refractivity contribution in [2.24, 2.45) is 0 Å². The first kappa shape index (κ1) is 14.8. The molecular formula is C16H16INO2. The van der Waals surface area contributed by atoms with E-state index in [9.17, 15) is 4.79 Å². The molecule has 2 rings (SSSR count). The number of aryl methyl sites for hydroxylation is 1. The largest absolute Gasteiger partial charge is 0.481 e. The van der Waals surface area contributed by atoms with Crippen molar-refractivity contribution < 1.29 is 9.53 Å². The number of carbonyl (C=O) groups excluding carboxylic acids is 1. The topological polar surface area (TPSA) is 38.3 Å². The number of para-hydroxylation sites is 1. The maximum Gasteiger partial charge on any atom is 0.265 e. The zero-order valence-electron chi connectivity index (χ0n) is 11.4. The molecule has 2 aromatic carbocycles. The van der Waals surface area contributed by atoms with Crippen LogP contribution in [0.3, 0.4) is 0 Å². The van der Waals surface area contributed by atoms with Crippen LogP contribution >= 0.6 is 22.6 Å². The summed E-state index contributed by atoms with van der Waals surface area (Å²) in [5.41, 5.74) is 1.91. The minimum atomic E-state index is -0.548. The van der Waals surface area contributed by atoms with Gasteiger partial charge >= 0.3 is 0 Å². The first-order valence-electron chi connectivity index (χ1n) is 6.35. The fourth-order valence-corrected chi connectivity index (χ4v) is 2.27. The number of halogens is 1. The van der Waals surface area contributed by atoms with Gasteiger partial charge in [0.15, 0.2) is 6.10 Å². The van der Waals surface area contributed by atoms with Gasteiger partial charge in [-0.25, -0.2) is 0 Å². The molecule has 20 heavy (non-hydrogen) atoms. The molecule has 0 saturated heterocycles. The normalized spacial score (nSPS) is 11.8. The summed E-state index contributed by atoms with van der Waals surface area (Å²) < 4.78 is 6.66. The summed E-state index contributed by atoms with van der Waals surface area (Å²) in [4.78, 5) is 12.1. The van der Waals surface area contributed by atoms with Crippen LogP contribution < -0.4 is 10.1 Å². The van der Waals surface area contributed by atoms with Crippen LogP contribution in [-0.4, -0.2) is 12.0 Å². The molecule has 4 heteroatoms. The van der Waals surface area contributed by atoms with Crippen LogP contribution in [0.1, 0.15) is 12.5 Å². The molecule has 2 aromatic rings. The SMILES string of the molecule is Cc1cccc(O[C@H](C)C(=O)Nc2ccccc2I)c1. The Morgan fingerprint density at radius 3 is 2.65 bits per heavy atom. The summed E-state index contributed by atoms with van der Waals surface area (Å²) in [6.07, 6.45) is -0.548. The van der Waals surface area contributed by atoms with Crippen molar-refractivity contribution in [1.29, 1.82) is 0 Å². The van der Waals surface area contributed by atoms with Gasteiger partial charge in [0.2, 0.25) is 0 Å². The second kappa shape index (κ2) is 6.74. The van der Waals surface area contributed by atoms with E-state index in [2.05, 4.69) is 27.9 Å². The molecule has 0 unspecified atom stereocenters. The molecule has 3 nitrogen and oxygen atoms in total. The minimum Gasteiger partial charge on any atom is -0.481 e. The highest BCUT2D eigenvalue weighted by atomic mass is 127. The molecular weight excluding hydrogens is 365 g/mol. The molecule has 0 aromatic heterocycles. The quantitative estimate of drug-likeness (QED) is 0.813. The van der Waals surface area contributed by atoms with Crippen molar-refractivity contribution in [3.05, 3.63) is 57.7 Å². The Hall–Kier alpha value is -1.56. The van der Waals surface area contributed by atoms with Gasteiger partial charge in [-0.1, -0.05) is 24.3 Å². The number of benzene rings is 2. The molecule has 0 heterocycles. The Bertz CT molecular complexity index is 613. The van der Waals surface area contributed by atoms with Gasteiger partial charge in [-0.15, -0.1) is 0 Å². The van der Waals surface area contributed by atoms with Gasteiger partial charge in [-0.05, 0) is 66.3 Å². The van der Waals surface area contributed by atoms with Crippen molar-refractivity contribution in [2.75, 3.05) is 5.32 Å². The van der Waals surface area contributed by atoms with Crippen LogP contribution in [0.2, 0.25) is 0 Å². The van der Waals surface area contributed by atoms with E-state index >= 15 is 0 Å². The van der Waals surface area contributed by atoms with E-state index < -0.39 is 6.10 Å². The monoisotopic (exact) mass is 381 g/mol. The molecule has 0 aliphatic rings. The molecule has 0 saturated carbocycles. The van der Waals surface area contributed by atoms with Gasteiger partial charge in [-0.3, -0.25) is 4.79 Å². The molecule has 1 atom stereocenters. The Morgan fingerprint density at radius 1 is 1.20 bits per heavy atom. The lowest BCUT2D eigenvalue weighted by Gasteiger charge is -2.15. The van der Waals surface area contributed by atoms with Crippen molar-refractivity contribution >= 4 is 34.2 Å². The first-order valence-corrected chi connectivity index (χ1v) is 7.43. The van der Waals surface area contributed by atoms with E-state index in [-0.39, 0.29) is 5.91 Å². The fourth-order valence-electron chi connectivity index (χ4n) is 1.74. The van der Waals surface area contributed by atoms with Gasteiger partial charge in [0, 0.05) is 3.57 Å². The maximum absolute atomic E-state index is 12.1. The number of nitrogens with one attached hydrogen (secondary N) is 1. The van der Waals surface area contributed by atoms with Crippen LogP contribution in [0.15, 0.2) is 48.5 Å². The molecule has 0 fully saturated rings. The average molecular weight is 381 g/mol. The van der Waals surface area contributed by atoms with Crippen LogP contribution in [-0.2, 0) is 4.79 Å². The summed E-state index contributed by atoms with van der Waals surface area (Å²) in [5, 5.41) is 2.87. The zero-order chi connectivity index (χ0) is 14.5. The van der Waals surface area contributed by atoms with Crippen LogP contribution in [0, 0.1) is 10.5 Å². The fraction of sp³-hybridized carbons (Fsp3) is 0.188. The second-order valence-corrected chi connectivity index (χ2v) is 5.71. The van der Waals surface area contributed by atoms with Crippen molar-refractivity contribution in [3.63, 3.8) is 0 Å². The zero-order valence-corrected chi connectivity index (χ0v) is 13.5. The predicted molar refractivity (Wildman–Crippen MR) is 89.1 cm³/mol. The second-order valence-electron chi connectivity index (χ2n) is 4.55. The van der Waals surface area contributed by atoms with Crippen molar-refractivity contribution in [2.45, 2.75) is 20.0 Å². The number of rotatable bonds is 4. The van der Waals surface area contributed by atoms with Gasteiger partial charge < -0.3 is 10.1 Å². The van der Waals surface area contributed by atoms with Gasteiger partial charge in [0.25, 0.3) is 5.91 Å². The molecule has 1 amide bonds. The van der Waals surface area contributed by atoms with Crippen molar-refractivity contribution in [3.8, 4) is 5.75 Å². The molecule has 104 valence electrons. The molecule has 0 radical (unpaired) electrons. The lowest BCUT2D eigenvalue weighted by Crippen LogP contribution is -2.30. The van der Waals surface area contributed by atoms with E-state index in [0.717, 1.165) is 14.8 Å². The Kier molecular flexibility index (Phi) is 5.00. The van der Waals surface area contributed by atoms with Gasteiger partial charge in [0.05, 0.1) is 5.69 Å². The third-order valence-electron chi connectivity index (χ3n) is 2.80. The highest BCUT2D eigenvalue weighted by Crippen LogP contribution is 2.18. The Morgan fingerprint density at radius 2 is 1.95 bits per heavy atom. The smallest absolute Gasteiger partial charge is 0.265 e. The van der Waals surface area contributed by atoms with Crippen LogP contribution in [0.25, 0.3) is 0 Å². The Labute approximate surface area is 132 Å². The maximum atomic E-state index is 12.1. The van der Waals surface area contributed by atoms with Crippen LogP contribution in [0.4, 0.5) is 5.69 Å². The van der Waals surface area contributed by atoms with Gasteiger partial charge in [0.1, 0.15) is 5.75 Å². The summed E-state index contributed by atoms with van der Waals surface area (Å²) in [6, 6.07) is 15.3. The lowest BCUT2D eigenvalue weighted by molar-refractivity contribution is -0.122. The van der Waals surface area contributed by atoms with Crippen LogP contribution in [0.5, 0.6) is 5.75 Å². The van der Waals surface area contributed by atoms with Gasteiger partial charge in [-0.2, -0.15) is 0 Å². The summed E-state index contributed by atoms with van der Waals surface area (Å²) in [7, 11) is 0. The van der Waals surface area contributed by atoms with E-state index in [1.165, 1.54) is 0 Å². The molecule has 0 bridgehead atoms. The number of amides is 1. The molecule has 0 spiro atoms. The molecule has 1 N–H and O–H groups in total. The lowest BCUT2D eigenvalue weighted by atomic mass is 10.2. The number of carbonyl (C=O) groups is 1. The van der Waals surface area contributed by atoms with Crippen molar-refractivity contribution in [1.82, 2.24) is 0 Å². The summed E-state index contributed by atoms with van der Waals surface area (Å²) in [5.74, 6) is 0.547. The minimum absolute atomic E-state index is 0.157. The highest BCUT2D eigenvalue weighted by Gasteiger charge is 2.15. The van der Waals surface area contributed by atoms with E-state index in [0.29, 0.717) is 5.75 Å². The number of anilines is 1. The number of hydrogen-bond acceptors (Lipinski definition) is 2. The Balaban J connectivity index is 2.01. The molecule has 0 aliphatic heterocycles. The number of hydrogen-bond donors (Lipinski definition) is 1. The highest BCUT2D eigenvalue weighted by molar-refractivity contribution is 14.1. The van der Waals surface area contributed by atoms with E-state index in [1.54, 1.807) is 6.92 Å². The van der Waals surface area contributed by atoms with E-state index in [4.69, 9.17) is 4.74 Å².